The molecule has 0 saturated carbocycles. The summed E-state index contributed by atoms with van der Waals surface area (Å²) in [4.78, 5) is 40.8. The van der Waals surface area contributed by atoms with Crippen LogP contribution in [-0.2, 0) is 26.3 Å². The summed E-state index contributed by atoms with van der Waals surface area (Å²) in [5.74, 6) is -2.62. The van der Waals surface area contributed by atoms with Crippen LogP contribution in [0.4, 0.5) is 5.69 Å². The molecular formula is C21H18N2O7. The Hall–Kier alpha value is -3.85. The van der Waals surface area contributed by atoms with Crippen molar-refractivity contribution in [1.82, 2.24) is 0 Å². The van der Waals surface area contributed by atoms with Crippen LogP contribution in [0.3, 0.4) is 0 Å². The van der Waals surface area contributed by atoms with Gasteiger partial charge in [-0.15, -0.1) is 6.58 Å². The first kappa shape index (κ1) is 19.5. The van der Waals surface area contributed by atoms with Crippen LogP contribution < -0.4 is 20.8 Å². The van der Waals surface area contributed by atoms with Crippen LogP contribution in [0.2, 0.25) is 0 Å². The van der Waals surface area contributed by atoms with Gasteiger partial charge in [0.15, 0.2) is 11.2 Å². The first-order chi connectivity index (χ1) is 14.4. The number of carbonyl (C=O) groups is 2. The average molecular weight is 410 g/mol. The van der Waals surface area contributed by atoms with Crippen LogP contribution in [0.5, 0.6) is 5.75 Å². The number of fused-ring (bicyclic) bond motifs is 4. The highest BCUT2D eigenvalue weighted by Crippen LogP contribution is 2.54. The van der Waals surface area contributed by atoms with Crippen LogP contribution in [0.25, 0.3) is 0 Å². The summed E-state index contributed by atoms with van der Waals surface area (Å²) in [6, 6.07) is 7.77. The number of ether oxygens (including phenoxy) is 2. The fraction of sp³-hybridized carbons (Fsp3) is 0.190. The Kier molecular flexibility index (Phi) is 4.47. The van der Waals surface area contributed by atoms with E-state index < -0.39 is 35.2 Å². The first-order valence-electron chi connectivity index (χ1n) is 8.98. The Morgan fingerprint density at radius 3 is 2.77 bits per heavy atom. The van der Waals surface area contributed by atoms with Crippen molar-refractivity contribution < 1.29 is 28.6 Å². The van der Waals surface area contributed by atoms with Gasteiger partial charge in [-0.2, -0.15) is 0 Å². The largest absolute Gasteiger partial charge is 0.465 e. The van der Waals surface area contributed by atoms with Crippen molar-refractivity contribution in [1.29, 1.82) is 0 Å². The van der Waals surface area contributed by atoms with Crippen LogP contribution in [-0.4, -0.2) is 30.6 Å². The molecule has 1 unspecified atom stereocenters. The average Bonchev–Trinajstić information content (AvgIpc) is 2.98. The summed E-state index contributed by atoms with van der Waals surface area (Å²) in [7, 11) is 1.14. The summed E-state index contributed by atoms with van der Waals surface area (Å²) >= 11 is 0. The number of methoxy groups -OCH3 is 1. The molecule has 9 heteroatoms. The fourth-order valence-electron chi connectivity index (χ4n) is 3.99. The quantitative estimate of drug-likeness (QED) is 0.556. The molecule has 3 N–H and O–H groups in total. The second-order valence-electron chi connectivity index (χ2n) is 6.70. The van der Waals surface area contributed by atoms with Crippen molar-refractivity contribution in [2.75, 3.05) is 18.6 Å². The summed E-state index contributed by atoms with van der Waals surface area (Å²) in [6.45, 7) is 3.21. The second kappa shape index (κ2) is 6.89. The van der Waals surface area contributed by atoms with E-state index in [1.807, 2.05) is 0 Å². The number of aliphatic hydroxyl groups is 1. The van der Waals surface area contributed by atoms with Gasteiger partial charge in [0, 0.05) is 23.9 Å². The highest BCUT2D eigenvalue weighted by Gasteiger charge is 2.63. The fourth-order valence-corrected chi connectivity index (χ4v) is 3.99. The van der Waals surface area contributed by atoms with Gasteiger partial charge < -0.3 is 29.6 Å². The third-order valence-corrected chi connectivity index (χ3v) is 5.15. The zero-order valence-corrected chi connectivity index (χ0v) is 16.0. The molecule has 0 radical (unpaired) electrons. The number of rotatable bonds is 4. The molecule has 4 rings (SSSR count). The minimum Gasteiger partial charge on any atom is -0.465 e. The van der Waals surface area contributed by atoms with E-state index in [0.717, 1.165) is 13.2 Å². The molecule has 2 aliphatic heterocycles. The van der Waals surface area contributed by atoms with Crippen LogP contribution in [0, 0.1) is 0 Å². The highest BCUT2D eigenvalue weighted by atomic mass is 16.5. The molecule has 1 aromatic heterocycles. The van der Waals surface area contributed by atoms with E-state index >= 15 is 0 Å². The number of hydrogen-bond donors (Lipinski definition) is 2. The molecule has 0 aliphatic carbocycles. The maximum atomic E-state index is 13.9. The van der Waals surface area contributed by atoms with Crippen molar-refractivity contribution in [2.24, 2.45) is 5.73 Å². The van der Waals surface area contributed by atoms with E-state index in [1.165, 1.54) is 11.0 Å². The number of benzene rings is 1. The third kappa shape index (κ3) is 2.35. The lowest BCUT2D eigenvalue weighted by Crippen LogP contribution is -2.49. The van der Waals surface area contributed by atoms with E-state index in [1.54, 1.807) is 24.3 Å². The SMILES string of the molecule is C=CCN1C(=O)C2(C(C(=O)OC)=C(N)Oc3c2oc(CO)cc3=O)c2ccccc21. The molecule has 9 nitrogen and oxygen atoms in total. The van der Waals surface area contributed by atoms with Crippen molar-refractivity contribution in [2.45, 2.75) is 12.0 Å². The van der Waals surface area contributed by atoms with E-state index in [0.29, 0.717) is 11.3 Å². The van der Waals surface area contributed by atoms with Gasteiger partial charge in [-0.1, -0.05) is 24.3 Å². The number of nitrogens with two attached hydrogens (primary N) is 1. The molecule has 0 bridgehead atoms. The maximum absolute atomic E-state index is 13.9. The smallest absolute Gasteiger partial charge is 0.341 e. The lowest BCUT2D eigenvalue weighted by molar-refractivity contribution is -0.138. The number of aliphatic hydroxyl groups excluding tert-OH is 1. The van der Waals surface area contributed by atoms with Crippen molar-refractivity contribution >= 4 is 17.6 Å². The number of para-hydroxylation sites is 1. The molecule has 1 aromatic carbocycles. The Labute approximate surface area is 170 Å². The van der Waals surface area contributed by atoms with Crippen LogP contribution >= 0.6 is 0 Å². The summed E-state index contributed by atoms with van der Waals surface area (Å²) < 4.78 is 16.1. The molecule has 0 fully saturated rings. The van der Waals surface area contributed by atoms with Crippen LogP contribution in [0.15, 0.2) is 63.7 Å². The number of hydrogen-bond acceptors (Lipinski definition) is 8. The van der Waals surface area contributed by atoms with Gasteiger partial charge in [0.2, 0.25) is 17.1 Å². The second-order valence-corrected chi connectivity index (χ2v) is 6.70. The lowest BCUT2D eigenvalue weighted by Gasteiger charge is -2.34. The van der Waals surface area contributed by atoms with Crippen molar-refractivity contribution in [3.8, 4) is 5.75 Å². The van der Waals surface area contributed by atoms with Crippen LogP contribution in [0.1, 0.15) is 17.1 Å². The number of esters is 1. The van der Waals surface area contributed by atoms with Gasteiger partial charge in [-0.3, -0.25) is 9.59 Å². The molecular weight excluding hydrogens is 392 g/mol. The molecule has 2 aromatic rings. The lowest BCUT2D eigenvalue weighted by atomic mass is 9.71. The molecule has 1 spiro atoms. The molecule has 30 heavy (non-hydrogen) atoms. The van der Waals surface area contributed by atoms with Gasteiger partial charge in [0.05, 0.1) is 7.11 Å². The number of anilines is 1. The molecule has 2 aliphatic rings. The highest BCUT2D eigenvalue weighted by molar-refractivity contribution is 6.18. The van der Waals surface area contributed by atoms with Gasteiger partial charge in [-0.25, -0.2) is 4.79 Å². The Balaban J connectivity index is 2.19. The third-order valence-electron chi connectivity index (χ3n) is 5.15. The molecule has 1 amide bonds. The molecule has 0 saturated heterocycles. The zero-order valence-electron chi connectivity index (χ0n) is 16.0. The zero-order chi connectivity index (χ0) is 21.6. The Bertz CT molecular complexity index is 1180. The normalized spacial score (nSPS) is 19.4. The Morgan fingerprint density at radius 1 is 1.37 bits per heavy atom. The van der Waals surface area contributed by atoms with E-state index in [9.17, 15) is 19.5 Å². The molecule has 3 heterocycles. The van der Waals surface area contributed by atoms with Crippen molar-refractivity contribution in [3.63, 3.8) is 0 Å². The predicted molar refractivity (Wildman–Crippen MR) is 105 cm³/mol. The van der Waals surface area contributed by atoms with E-state index in [-0.39, 0.29) is 29.4 Å². The monoisotopic (exact) mass is 410 g/mol. The van der Waals surface area contributed by atoms with E-state index in [2.05, 4.69) is 6.58 Å². The van der Waals surface area contributed by atoms with E-state index in [4.69, 9.17) is 19.6 Å². The first-order valence-corrected chi connectivity index (χ1v) is 8.98. The van der Waals surface area contributed by atoms with Gasteiger partial charge in [0.1, 0.15) is 17.9 Å². The predicted octanol–water partition coefficient (Wildman–Crippen LogP) is 0.687. The minimum atomic E-state index is -1.92. The summed E-state index contributed by atoms with van der Waals surface area (Å²) in [5.41, 5.74) is 4.01. The maximum Gasteiger partial charge on any atom is 0.341 e. The standard InChI is InChI=1S/C21H18N2O7/c1-3-8-23-13-7-5-4-6-12(13)21(20(23)27)15(19(26)28-2)18(22)30-16-14(25)9-11(10-24)29-17(16)21/h3-7,9,24H,1,8,10,22H2,2H3. The van der Waals surface area contributed by atoms with Crippen molar-refractivity contribution in [3.05, 3.63) is 81.8 Å². The molecule has 1 atom stereocenters. The summed E-state index contributed by atoms with van der Waals surface area (Å²) in [6.07, 6.45) is 1.53. The van der Waals surface area contributed by atoms with Gasteiger partial charge >= 0.3 is 5.97 Å². The molecule has 154 valence electrons. The summed E-state index contributed by atoms with van der Waals surface area (Å²) in [5, 5.41) is 9.56. The Morgan fingerprint density at radius 2 is 2.10 bits per heavy atom. The van der Waals surface area contributed by atoms with Gasteiger partial charge in [-0.05, 0) is 6.07 Å². The minimum absolute atomic E-state index is 0.0983. The number of carbonyl (C=O) groups excluding carboxylic acids is 2. The van der Waals surface area contributed by atoms with Gasteiger partial charge in [0.25, 0.3) is 5.91 Å². The topological polar surface area (TPSA) is 132 Å². The number of amides is 1. The number of nitrogens with zero attached hydrogens (tertiary/aromatic N) is 1.